The van der Waals surface area contributed by atoms with Gasteiger partial charge in [-0.3, -0.25) is 9.59 Å². The standard InChI is InChI=1S/C13H14BrN5O2S/c1-7-5-9(3-4-10(7)14)16-11(20)6-22-13-18-17-8(2)12(21)19(13)15/h3-5H,6,15H2,1-2H3,(H,16,20). The molecule has 1 amide bonds. The maximum Gasteiger partial charge on any atom is 0.294 e. The summed E-state index contributed by atoms with van der Waals surface area (Å²) in [4.78, 5) is 23.5. The number of rotatable bonds is 4. The number of amides is 1. The van der Waals surface area contributed by atoms with Crippen molar-refractivity contribution < 1.29 is 4.79 Å². The highest BCUT2D eigenvalue weighted by Crippen LogP contribution is 2.20. The molecular formula is C13H14BrN5O2S. The van der Waals surface area contributed by atoms with Crippen LogP contribution in [0.1, 0.15) is 11.3 Å². The zero-order valence-corrected chi connectivity index (χ0v) is 14.4. The van der Waals surface area contributed by atoms with Crippen molar-refractivity contribution >= 4 is 39.3 Å². The minimum absolute atomic E-state index is 0.0729. The summed E-state index contributed by atoms with van der Waals surface area (Å²) in [5, 5.41) is 10.5. The molecule has 0 aliphatic heterocycles. The first-order valence-corrected chi connectivity index (χ1v) is 8.06. The molecule has 2 rings (SSSR count). The van der Waals surface area contributed by atoms with Crippen molar-refractivity contribution in [2.45, 2.75) is 19.0 Å². The van der Waals surface area contributed by atoms with E-state index < -0.39 is 5.56 Å². The second kappa shape index (κ2) is 6.93. The zero-order valence-electron chi connectivity index (χ0n) is 12.0. The molecule has 22 heavy (non-hydrogen) atoms. The van der Waals surface area contributed by atoms with Crippen molar-refractivity contribution in [2.24, 2.45) is 0 Å². The lowest BCUT2D eigenvalue weighted by atomic mass is 10.2. The lowest BCUT2D eigenvalue weighted by molar-refractivity contribution is -0.113. The van der Waals surface area contributed by atoms with Gasteiger partial charge in [-0.2, -0.15) is 4.68 Å². The molecule has 0 saturated carbocycles. The number of carbonyl (C=O) groups excluding carboxylic acids is 1. The summed E-state index contributed by atoms with van der Waals surface area (Å²) in [6, 6.07) is 5.52. The van der Waals surface area contributed by atoms with Gasteiger partial charge in [0.1, 0.15) is 5.69 Å². The van der Waals surface area contributed by atoms with Gasteiger partial charge in [-0.25, -0.2) is 0 Å². The van der Waals surface area contributed by atoms with E-state index in [1.165, 1.54) is 6.92 Å². The summed E-state index contributed by atoms with van der Waals surface area (Å²) < 4.78 is 1.87. The predicted octanol–water partition coefficient (Wildman–Crippen LogP) is 1.46. The number of benzene rings is 1. The van der Waals surface area contributed by atoms with Crippen LogP contribution in [-0.4, -0.2) is 26.5 Å². The molecule has 116 valence electrons. The maximum absolute atomic E-state index is 11.9. The van der Waals surface area contributed by atoms with E-state index in [0.717, 1.165) is 26.5 Å². The molecule has 2 aromatic rings. The van der Waals surface area contributed by atoms with E-state index in [0.29, 0.717) is 5.69 Å². The van der Waals surface area contributed by atoms with E-state index in [2.05, 4.69) is 31.4 Å². The zero-order chi connectivity index (χ0) is 16.3. The van der Waals surface area contributed by atoms with E-state index in [-0.39, 0.29) is 22.5 Å². The van der Waals surface area contributed by atoms with Gasteiger partial charge in [-0.1, -0.05) is 27.7 Å². The summed E-state index contributed by atoms with van der Waals surface area (Å²) in [5.74, 6) is 5.45. The minimum Gasteiger partial charge on any atom is -0.334 e. The summed E-state index contributed by atoms with van der Waals surface area (Å²) in [6.45, 7) is 3.46. The van der Waals surface area contributed by atoms with Crippen molar-refractivity contribution in [1.82, 2.24) is 14.9 Å². The fraction of sp³-hybridized carbons (Fsp3) is 0.231. The van der Waals surface area contributed by atoms with Crippen molar-refractivity contribution in [3.63, 3.8) is 0 Å². The molecule has 0 radical (unpaired) electrons. The number of thioether (sulfide) groups is 1. The quantitative estimate of drug-likeness (QED) is 0.611. The van der Waals surface area contributed by atoms with Crippen LogP contribution in [0.25, 0.3) is 0 Å². The monoisotopic (exact) mass is 383 g/mol. The Morgan fingerprint density at radius 3 is 2.82 bits per heavy atom. The number of hydrogen-bond donors (Lipinski definition) is 2. The van der Waals surface area contributed by atoms with Crippen molar-refractivity contribution in [2.75, 3.05) is 16.9 Å². The topological polar surface area (TPSA) is 103 Å². The molecular weight excluding hydrogens is 370 g/mol. The van der Waals surface area contributed by atoms with E-state index >= 15 is 0 Å². The van der Waals surface area contributed by atoms with Gasteiger partial charge in [-0.05, 0) is 37.6 Å². The number of carbonyl (C=O) groups is 1. The van der Waals surface area contributed by atoms with Crippen molar-refractivity contribution in [1.29, 1.82) is 0 Å². The van der Waals surface area contributed by atoms with Crippen LogP contribution in [0.2, 0.25) is 0 Å². The van der Waals surface area contributed by atoms with Crippen LogP contribution in [-0.2, 0) is 4.79 Å². The first-order chi connectivity index (χ1) is 10.4. The molecule has 0 spiro atoms. The molecule has 0 aliphatic rings. The Morgan fingerprint density at radius 1 is 1.41 bits per heavy atom. The molecule has 0 atom stereocenters. The second-order valence-electron chi connectivity index (χ2n) is 4.54. The molecule has 9 heteroatoms. The van der Waals surface area contributed by atoms with E-state index in [1.807, 2.05) is 19.1 Å². The van der Waals surface area contributed by atoms with Gasteiger partial charge in [0.2, 0.25) is 11.1 Å². The van der Waals surface area contributed by atoms with E-state index in [9.17, 15) is 9.59 Å². The van der Waals surface area contributed by atoms with Gasteiger partial charge >= 0.3 is 0 Å². The van der Waals surface area contributed by atoms with Crippen LogP contribution in [0, 0.1) is 13.8 Å². The number of anilines is 1. The van der Waals surface area contributed by atoms with Crippen LogP contribution in [0.5, 0.6) is 0 Å². The van der Waals surface area contributed by atoms with Gasteiger partial charge in [0, 0.05) is 10.2 Å². The third-order valence-corrected chi connectivity index (χ3v) is 4.63. The summed E-state index contributed by atoms with van der Waals surface area (Å²) in [7, 11) is 0. The molecule has 3 N–H and O–H groups in total. The normalized spacial score (nSPS) is 10.5. The van der Waals surface area contributed by atoms with E-state index in [1.54, 1.807) is 6.07 Å². The summed E-state index contributed by atoms with van der Waals surface area (Å²) in [5.41, 5.74) is 1.50. The molecule has 0 bridgehead atoms. The van der Waals surface area contributed by atoms with Gasteiger partial charge < -0.3 is 11.2 Å². The number of nitrogens with two attached hydrogens (primary N) is 1. The maximum atomic E-state index is 11.9. The molecule has 1 aromatic carbocycles. The molecule has 0 aliphatic carbocycles. The van der Waals surface area contributed by atoms with Crippen LogP contribution < -0.4 is 16.7 Å². The van der Waals surface area contributed by atoms with Gasteiger partial charge in [-0.15, -0.1) is 10.2 Å². The van der Waals surface area contributed by atoms with Crippen LogP contribution >= 0.6 is 27.7 Å². The number of halogens is 1. The predicted molar refractivity (Wildman–Crippen MR) is 89.4 cm³/mol. The van der Waals surface area contributed by atoms with Crippen LogP contribution in [0.3, 0.4) is 0 Å². The lowest BCUT2D eigenvalue weighted by Gasteiger charge is -2.08. The molecule has 0 saturated heterocycles. The number of nitrogen functional groups attached to an aromatic ring is 1. The average molecular weight is 384 g/mol. The Morgan fingerprint density at radius 2 is 2.14 bits per heavy atom. The Balaban J connectivity index is 2.00. The first-order valence-electron chi connectivity index (χ1n) is 6.28. The fourth-order valence-electron chi connectivity index (χ4n) is 1.62. The van der Waals surface area contributed by atoms with Gasteiger partial charge in [0.05, 0.1) is 5.75 Å². The minimum atomic E-state index is -0.429. The fourth-order valence-corrected chi connectivity index (χ4v) is 2.52. The Kier molecular flexibility index (Phi) is 5.19. The average Bonchev–Trinajstić information content (AvgIpc) is 2.48. The lowest BCUT2D eigenvalue weighted by Crippen LogP contribution is -2.32. The number of nitrogens with zero attached hydrogens (tertiary/aromatic N) is 3. The molecule has 1 aromatic heterocycles. The summed E-state index contributed by atoms with van der Waals surface area (Å²) >= 11 is 4.45. The molecule has 7 nitrogen and oxygen atoms in total. The Labute approximate surface area is 139 Å². The van der Waals surface area contributed by atoms with Crippen molar-refractivity contribution in [3.05, 3.63) is 44.3 Å². The van der Waals surface area contributed by atoms with Crippen LogP contribution in [0.15, 0.2) is 32.6 Å². The van der Waals surface area contributed by atoms with Crippen molar-refractivity contribution in [3.8, 4) is 0 Å². The highest BCUT2D eigenvalue weighted by Gasteiger charge is 2.10. The highest BCUT2D eigenvalue weighted by molar-refractivity contribution is 9.10. The number of aromatic nitrogens is 3. The SMILES string of the molecule is Cc1cc(NC(=O)CSc2nnc(C)c(=O)n2N)ccc1Br. The number of aryl methyl sites for hydroxylation is 2. The highest BCUT2D eigenvalue weighted by atomic mass is 79.9. The van der Waals surface area contributed by atoms with Gasteiger partial charge in [0.25, 0.3) is 5.56 Å². The molecule has 0 fully saturated rings. The van der Waals surface area contributed by atoms with Crippen LogP contribution in [0.4, 0.5) is 5.69 Å². The van der Waals surface area contributed by atoms with Gasteiger partial charge in [0.15, 0.2) is 0 Å². The Bertz CT molecular complexity index is 778. The van der Waals surface area contributed by atoms with E-state index in [4.69, 9.17) is 5.84 Å². The largest absolute Gasteiger partial charge is 0.334 e. The first kappa shape index (κ1) is 16.5. The molecule has 1 heterocycles. The Hall–Kier alpha value is -1.87. The molecule has 0 unspecified atom stereocenters. The number of nitrogens with one attached hydrogen (secondary N) is 1. The smallest absolute Gasteiger partial charge is 0.294 e. The third-order valence-electron chi connectivity index (χ3n) is 2.79. The number of hydrogen-bond acceptors (Lipinski definition) is 6. The second-order valence-corrected chi connectivity index (χ2v) is 6.34. The summed E-state index contributed by atoms with van der Waals surface area (Å²) in [6.07, 6.45) is 0. The third kappa shape index (κ3) is 3.86.